The molecule has 0 bridgehead atoms. The van der Waals surface area contributed by atoms with E-state index >= 15 is 0 Å². The molecule has 90 valence electrons. The lowest BCUT2D eigenvalue weighted by Crippen LogP contribution is -2.08. The number of benzene rings is 1. The fourth-order valence-electron chi connectivity index (χ4n) is 1.77. The maximum Gasteiger partial charge on any atom is 0.108 e. The Labute approximate surface area is 99.4 Å². The first-order valence-electron chi connectivity index (χ1n) is 5.46. The van der Waals surface area contributed by atoms with Crippen molar-refractivity contribution in [3.8, 4) is 0 Å². The van der Waals surface area contributed by atoms with E-state index in [9.17, 15) is 4.91 Å². The van der Waals surface area contributed by atoms with E-state index in [0.29, 0.717) is 18.8 Å². The normalized spacial score (nSPS) is 11.6. The molecule has 6 nitrogen and oxygen atoms in total. The van der Waals surface area contributed by atoms with Crippen LogP contribution in [0.5, 0.6) is 0 Å². The van der Waals surface area contributed by atoms with Crippen molar-refractivity contribution in [2.24, 2.45) is 16.0 Å². The Bertz CT molecular complexity index is 414. The first kappa shape index (κ1) is 13.2. The topological polar surface area (TPSA) is 104 Å². The Kier molecular flexibility index (Phi) is 5.71. The maximum atomic E-state index is 10.5. The summed E-state index contributed by atoms with van der Waals surface area (Å²) in [6.07, 6.45) is 1.52. The molecule has 1 atom stereocenters. The molecule has 0 amide bonds. The van der Waals surface area contributed by atoms with Crippen LogP contribution in [0.25, 0.3) is 10.4 Å². The predicted octanol–water partition coefficient (Wildman–Crippen LogP) is 3.22. The molecule has 6 heteroatoms. The molecule has 0 fully saturated rings. The minimum absolute atomic E-state index is 0.201. The van der Waals surface area contributed by atoms with Gasteiger partial charge in [0.25, 0.3) is 0 Å². The lowest BCUT2D eigenvalue weighted by atomic mass is 9.92. The van der Waals surface area contributed by atoms with Crippen molar-refractivity contribution < 1.29 is 0 Å². The molecule has 1 rings (SSSR count). The second-order valence-electron chi connectivity index (χ2n) is 3.70. The Morgan fingerprint density at radius 3 is 2.88 bits per heavy atom. The third-order valence-corrected chi connectivity index (χ3v) is 2.60. The number of hydrogen-bond acceptors (Lipinski definition) is 4. The van der Waals surface area contributed by atoms with E-state index in [-0.39, 0.29) is 5.92 Å². The van der Waals surface area contributed by atoms with E-state index < -0.39 is 0 Å². The number of nitrogens with two attached hydrogens (primary N) is 1. The van der Waals surface area contributed by atoms with Gasteiger partial charge < -0.3 is 5.73 Å². The summed E-state index contributed by atoms with van der Waals surface area (Å²) < 4.78 is 0. The summed E-state index contributed by atoms with van der Waals surface area (Å²) in [5.41, 5.74) is 15.2. The van der Waals surface area contributed by atoms with Crippen LogP contribution in [-0.2, 0) is 0 Å². The average Bonchev–Trinajstić information content (AvgIpc) is 2.38. The van der Waals surface area contributed by atoms with Gasteiger partial charge in [0.15, 0.2) is 0 Å². The maximum absolute atomic E-state index is 10.5. The standard InChI is InChI=1S/C11H15N5O/c12-6-4-9(5-7-14-16-13)10-2-1-3-11(8-10)15-17/h1-3,8-9H,4-7,12H2/t9-/m0/s1. The van der Waals surface area contributed by atoms with Gasteiger partial charge in [0.05, 0.1) is 0 Å². The number of nitroso groups, excluding NO2 is 1. The molecule has 2 N–H and O–H groups in total. The summed E-state index contributed by atoms with van der Waals surface area (Å²) in [6, 6.07) is 7.14. The van der Waals surface area contributed by atoms with E-state index in [1.807, 2.05) is 6.07 Å². The number of azide groups is 1. The van der Waals surface area contributed by atoms with Crippen LogP contribution in [0.3, 0.4) is 0 Å². The van der Waals surface area contributed by atoms with Gasteiger partial charge in [-0.15, -0.1) is 4.91 Å². The summed E-state index contributed by atoms with van der Waals surface area (Å²) in [5.74, 6) is 0.201. The van der Waals surface area contributed by atoms with Crippen molar-refractivity contribution in [2.75, 3.05) is 13.1 Å². The Morgan fingerprint density at radius 2 is 2.24 bits per heavy atom. The summed E-state index contributed by atoms with van der Waals surface area (Å²) >= 11 is 0. The third-order valence-electron chi connectivity index (χ3n) is 2.60. The van der Waals surface area contributed by atoms with Crippen LogP contribution in [0.15, 0.2) is 34.6 Å². The van der Waals surface area contributed by atoms with Crippen LogP contribution in [-0.4, -0.2) is 13.1 Å². The number of nitrogens with zero attached hydrogens (tertiary/aromatic N) is 4. The quantitative estimate of drug-likeness (QED) is 0.338. The van der Waals surface area contributed by atoms with E-state index in [4.69, 9.17) is 11.3 Å². The van der Waals surface area contributed by atoms with E-state index in [2.05, 4.69) is 15.2 Å². The van der Waals surface area contributed by atoms with Crippen molar-refractivity contribution in [3.63, 3.8) is 0 Å². The van der Waals surface area contributed by atoms with Crippen LogP contribution in [0, 0.1) is 4.91 Å². The summed E-state index contributed by atoms with van der Waals surface area (Å²) in [5, 5.41) is 6.42. The Hall–Kier alpha value is -1.91. The predicted molar refractivity (Wildman–Crippen MR) is 66.9 cm³/mol. The molecule has 0 aromatic heterocycles. The number of rotatable bonds is 7. The van der Waals surface area contributed by atoms with Gasteiger partial charge in [-0.25, -0.2) is 0 Å². The van der Waals surface area contributed by atoms with Crippen LogP contribution in [0.2, 0.25) is 0 Å². The van der Waals surface area contributed by atoms with E-state index in [0.717, 1.165) is 18.4 Å². The smallest absolute Gasteiger partial charge is 0.108 e. The van der Waals surface area contributed by atoms with Gasteiger partial charge in [-0.05, 0) is 53.7 Å². The van der Waals surface area contributed by atoms with Crippen LogP contribution in [0.4, 0.5) is 5.69 Å². The SMILES string of the molecule is [N-]=[N+]=NCC[C@H](CCN)c1cccc(N=O)c1. The zero-order chi connectivity index (χ0) is 12.5. The van der Waals surface area contributed by atoms with E-state index in [1.54, 1.807) is 18.2 Å². The molecule has 17 heavy (non-hydrogen) atoms. The van der Waals surface area contributed by atoms with Gasteiger partial charge in [0.1, 0.15) is 5.69 Å². The first-order valence-corrected chi connectivity index (χ1v) is 5.46. The van der Waals surface area contributed by atoms with Crippen molar-refractivity contribution in [1.29, 1.82) is 0 Å². The van der Waals surface area contributed by atoms with Gasteiger partial charge in [-0.3, -0.25) is 0 Å². The molecule has 0 saturated carbocycles. The van der Waals surface area contributed by atoms with Gasteiger partial charge in [0, 0.05) is 11.5 Å². The van der Waals surface area contributed by atoms with Gasteiger partial charge in [0.2, 0.25) is 0 Å². The fraction of sp³-hybridized carbons (Fsp3) is 0.455. The highest BCUT2D eigenvalue weighted by atomic mass is 16.3. The zero-order valence-corrected chi connectivity index (χ0v) is 9.49. The highest BCUT2D eigenvalue weighted by Gasteiger charge is 2.10. The van der Waals surface area contributed by atoms with Crippen molar-refractivity contribution >= 4 is 5.69 Å². The summed E-state index contributed by atoms with van der Waals surface area (Å²) in [7, 11) is 0. The molecule has 0 saturated heterocycles. The molecule has 0 aliphatic carbocycles. The fourth-order valence-corrected chi connectivity index (χ4v) is 1.77. The van der Waals surface area contributed by atoms with Gasteiger partial charge in [-0.1, -0.05) is 17.2 Å². The van der Waals surface area contributed by atoms with Crippen molar-refractivity contribution in [2.45, 2.75) is 18.8 Å². The molecule has 0 spiro atoms. The molecule has 0 unspecified atom stereocenters. The third kappa shape index (κ3) is 4.22. The zero-order valence-electron chi connectivity index (χ0n) is 9.49. The first-order chi connectivity index (χ1) is 8.31. The van der Waals surface area contributed by atoms with Crippen LogP contribution >= 0.6 is 0 Å². The summed E-state index contributed by atoms with van der Waals surface area (Å²) in [6.45, 7) is 0.986. The molecule has 1 aromatic rings. The van der Waals surface area contributed by atoms with Crippen molar-refractivity contribution in [3.05, 3.63) is 45.2 Å². The minimum Gasteiger partial charge on any atom is -0.330 e. The lowest BCUT2D eigenvalue weighted by Gasteiger charge is -2.15. The molecule has 0 radical (unpaired) electrons. The molecular formula is C11H15N5O. The Balaban J connectivity index is 2.79. The van der Waals surface area contributed by atoms with Gasteiger partial charge >= 0.3 is 0 Å². The molecule has 0 aliphatic rings. The summed E-state index contributed by atoms with van der Waals surface area (Å²) in [4.78, 5) is 13.2. The van der Waals surface area contributed by atoms with E-state index in [1.165, 1.54) is 0 Å². The average molecular weight is 233 g/mol. The van der Waals surface area contributed by atoms with Crippen LogP contribution < -0.4 is 5.73 Å². The highest BCUT2D eigenvalue weighted by Crippen LogP contribution is 2.26. The largest absolute Gasteiger partial charge is 0.330 e. The number of hydrogen-bond donors (Lipinski definition) is 1. The van der Waals surface area contributed by atoms with Crippen LogP contribution in [0.1, 0.15) is 24.3 Å². The van der Waals surface area contributed by atoms with Crippen molar-refractivity contribution in [1.82, 2.24) is 0 Å². The lowest BCUT2D eigenvalue weighted by molar-refractivity contribution is 0.591. The van der Waals surface area contributed by atoms with Gasteiger partial charge in [-0.2, -0.15) is 0 Å². The monoisotopic (exact) mass is 233 g/mol. The molecule has 0 aliphatic heterocycles. The molecule has 1 aromatic carbocycles. The Morgan fingerprint density at radius 1 is 1.41 bits per heavy atom. The molecular weight excluding hydrogens is 218 g/mol. The highest BCUT2D eigenvalue weighted by molar-refractivity contribution is 5.41. The molecule has 0 heterocycles. The second-order valence-corrected chi connectivity index (χ2v) is 3.70. The minimum atomic E-state index is 0.201. The second kappa shape index (κ2) is 7.38.